The molecule has 0 aliphatic heterocycles. The van der Waals surface area contributed by atoms with Crippen molar-refractivity contribution in [3.8, 4) is 5.75 Å². The van der Waals surface area contributed by atoms with Crippen LogP contribution in [-0.4, -0.2) is 32.4 Å². The van der Waals surface area contributed by atoms with Crippen molar-refractivity contribution in [3.05, 3.63) is 28.6 Å². The molecule has 2 rings (SSSR count). The lowest BCUT2D eigenvalue weighted by atomic mass is 10.1. The van der Waals surface area contributed by atoms with E-state index in [1.54, 1.807) is 19.9 Å². The van der Waals surface area contributed by atoms with Gasteiger partial charge in [-0.15, -0.1) is 0 Å². The van der Waals surface area contributed by atoms with Gasteiger partial charge >= 0.3 is 5.97 Å². The molecule has 2 aromatic rings. The van der Waals surface area contributed by atoms with Crippen LogP contribution in [-0.2, 0) is 4.79 Å². The molecular formula is C12H17N3O4. The number of nitrogens with two attached hydrogens (primary N) is 1. The maximum atomic E-state index is 10.9. The molecule has 1 atom stereocenters. The van der Waals surface area contributed by atoms with E-state index in [-0.39, 0.29) is 17.2 Å². The summed E-state index contributed by atoms with van der Waals surface area (Å²) in [5.41, 5.74) is 5.65. The van der Waals surface area contributed by atoms with E-state index in [2.05, 4.69) is 10.2 Å². The average molecular weight is 267 g/mol. The first-order valence-electron chi connectivity index (χ1n) is 5.70. The van der Waals surface area contributed by atoms with Gasteiger partial charge in [0.1, 0.15) is 11.8 Å². The third kappa shape index (κ3) is 3.85. The number of aromatic nitrogens is 2. The molecule has 0 unspecified atom stereocenters. The number of aliphatic carboxylic acids is 1. The third-order valence-electron chi connectivity index (χ3n) is 2.56. The number of carbonyl (C=O) groups is 1. The quantitative estimate of drug-likeness (QED) is 0.544. The lowest BCUT2D eigenvalue weighted by molar-refractivity contribution is -0.139. The van der Waals surface area contributed by atoms with E-state index in [1.807, 2.05) is 0 Å². The number of hydrogen-bond donors (Lipinski definition) is 5. The Morgan fingerprint density at radius 2 is 1.95 bits per heavy atom. The molecule has 0 fully saturated rings. The minimum atomic E-state index is -0.931. The molecule has 0 radical (unpaired) electrons. The van der Waals surface area contributed by atoms with E-state index in [1.165, 1.54) is 12.1 Å². The van der Waals surface area contributed by atoms with Crippen molar-refractivity contribution in [3.63, 3.8) is 0 Å². The summed E-state index contributed by atoms with van der Waals surface area (Å²) in [6.07, 6.45) is 0. The lowest BCUT2D eigenvalue weighted by Crippen LogP contribution is -2.34. The highest BCUT2D eigenvalue weighted by Crippen LogP contribution is 2.13. The SMILES string of the molecule is CC(C)[C@H](N)C(=O)O.O=c1[nH][nH]c2ccc(O)cc12. The van der Waals surface area contributed by atoms with Gasteiger partial charge in [-0.3, -0.25) is 19.8 Å². The second-order valence-electron chi connectivity index (χ2n) is 4.42. The molecule has 1 aromatic heterocycles. The molecule has 7 heteroatoms. The molecule has 0 amide bonds. The van der Waals surface area contributed by atoms with Gasteiger partial charge in [0.25, 0.3) is 5.56 Å². The van der Waals surface area contributed by atoms with Crippen molar-refractivity contribution < 1.29 is 15.0 Å². The maximum Gasteiger partial charge on any atom is 0.320 e. The first-order valence-corrected chi connectivity index (χ1v) is 5.70. The molecule has 6 N–H and O–H groups in total. The molecule has 1 aromatic carbocycles. The van der Waals surface area contributed by atoms with Crippen molar-refractivity contribution >= 4 is 16.9 Å². The van der Waals surface area contributed by atoms with Crippen LogP contribution in [0.15, 0.2) is 23.0 Å². The number of nitrogens with one attached hydrogen (secondary N) is 2. The van der Waals surface area contributed by atoms with Crippen LogP contribution in [0.25, 0.3) is 10.9 Å². The highest BCUT2D eigenvalue weighted by molar-refractivity contribution is 5.79. The summed E-state index contributed by atoms with van der Waals surface area (Å²) < 4.78 is 0. The van der Waals surface area contributed by atoms with Crippen molar-refractivity contribution in [2.75, 3.05) is 0 Å². The number of aromatic amines is 2. The van der Waals surface area contributed by atoms with Crippen LogP contribution >= 0.6 is 0 Å². The smallest absolute Gasteiger partial charge is 0.320 e. The van der Waals surface area contributed by atoms with E-state index >= 15 is 0 Å². The summed E-state index contributed by atoms with van der Waals surface area (Å²) in [6.45, 7) is 3.55. The highest BCUT2D eigenvalue weighted by Gasteiger charge is 2.14. The maximum absolute atomic E-state index is 10.9. The van der Waals surface area contributed by atoms with E-state index in [0.29, 0.717) is 10.9 Å². The summed E-state index contributed by atoms with van der Waals surface area (Å²) in [6, 6.07) is 3.87. The molecule has 19 heavy (non-hydrogen) atoms. The zero-order valence-corrected chi connectivity index (χ0v) is 10.7. The van der Waals surface area contributed by atoms with Crippen molar-refractivity contribution in [1.29, 1.82) is 0 Å². The van der Waals surface area contributed by atoms with E-state index in [4.69, 9.17) is 15.9 Å². The fraction of sp³-hybridized carbons (Fsp3) is 0.333. The monoisotopic (exact) mass is 267 g/mol. The van der Waals surface area contributed by atoms with E-state index in [0.717, 1.165) is 0 Å². The van der Waals surface area contributed by atoms with Crippen LogP contribution in [0.1, 0.15) is 13.8 Å². The Hall–Kier alpha value is -2.28. The van der Waals surface area contributed by atoms with Gasteiger partial charge in [0.15, 0.2) is 0 Å². The molecule has 1 heterocycles. The van der Waals surface area contributed by atoms with Gasteiger partial charge in [-0.2, -0.15) is 0 Å². The molecule has 0 aliphatic carbocycles. The third-order valence-corrected chi connectivity index (χ3v) is 2.56. The molecule has 0 saturated carbocycles. The average Bonchev–Trinajstić information content (AvgIpc) is 2.70. The largest absolute Gasteiger partial charge is 0.508 e. The van der Waals surface area contributed by atoms with Crippen LogP contribution in [0, 0.1) is 5.92 Å². The van der Waals surface area contributed by atoms with Crippen LogP contribution in [0.5, 0.6) is 5.75 Å². The molecule has 104 valence electrons. The standard InChI is InChI=1S/C7H6N2O2.C5H11NO2/c10-4-1-2-6-5(3-4)7(11)9-8-6;1-3(2)4(6)5(7)8/h1-3,10H,(H2,8,9,11);3-4H,6H2,1-2H3,(H,7,8)/t;4-/m.0/s1. The number of aromatic hydroxyl groups is 1. The van der Waals surface area contributed by atoms with Crippen molar-refractivity contribution in [2.24, 2.45) is 11.7 Å². The van der Waals surface area contributed by atoms with Crippen molar-refractivity contribution in [1.82, 2.24) is 10.2 Å². The number of phenols is 1. The topological polar surface area (TPSA) is 132 Å². The summed E-state index contributed by atoms with van der Waals surface area (Å²) in [4.78, 5) is 20.9. The van der Waals surface area contributed by atoms with Gasteiger partial charge in [0.2, 0.25) is 0 Å². The zero-order valence-electron chi connectivity index (χ0n) is 10.7. The van der Waals surface area contributed by atoms with Gasteiger partial charge < -0.3 is 15.9 Å². The van der Waals surface area contributed by atoms with Crippen LogP contribution in [0.4, 0.5) is 0 Å². The highest BCUT2D eigenvalue weighted by atomic mass is 16.4. The van der Waals surface area contributed by atoms with Crippen LogP contribution in [0.3, 0.4) is 0 Å². The zero-order chi connectivity index (χ0) is 14.6. The Kier molecular flexibility index (Phi) is 4.71. The Morgan fingerprint density at radius 1 is 1.32 bits per heavy atom. The van der Waals surface area contributed by atoms with Gasteiger partial charge in [-0.05, 0) is 24.1 Å². The fourth-order valence-corrected chi connectivity index (χ4v) is 1.31. The second kappa shape index (κ2) is 6.05. The van der Waals surface area contributed by atoms with Gasteiger partial charge in [-0.1, -0.05) is 13.8 Å². The predicted octanol–water partition coefficient (Wildman–Crippen LogP) is 0.616. The van der Waals surface area contributed by atoms with Gasteiger partial charge in [-0.25, -0.2) is 0 Å². The lowest BCUT2D eigenvalue weighted by Gasteiger charge is -2.07. The Labute approximate surface area is 109 Å². The summed E-state index contributed by atoms with van der Waals surface area (Å²) in [5, 5.41) is 22.8. The number of hydrogen-bond acceptors (Lipinski definition) is 4. The number of rotatable bonds is 2. The normalized spacial score (nSPS) is 12.0. The molecular weight excluding hydrogens is 250 g/mol. The number of carboxylic acid groups (broad SMARTS) is 1. The minimum Gasteiger partial charge on any atom is -0.508 e. The Morgan fingerprint density at radius 3 is 2.42 bits per heavy atom. The second-order valence-corrected chi connectivity index (χ2v) is 4.42. The summed E-state index contributed by atoms with van der Waals surface area (Å²) in [5.74, 6) is -0.810. The first-order chi connectivity index (χ1) is 8.82. The molecule has 7 nitrogen and oxygen atoms in total. The Bertz CT molecular complexity index is 615. The van der Waals surface area contributed by atoms with Crippen molar-refractivity contribution in [2.45, 2.75) is 19.9 Å². The van der Waals surface area contributed by atoms with E-state index in [9.17, 15) is 9.59 Å². The van der Waals surface area contributed by atoms with Gasteiger partial charge in [0.05, 0.1) is 10.9 Å². The van der Waals surface area contributed by atoms with E-state index < -0.39 is 12.0 Å². The molecule has 0 saturated heterocycles. The molecule has 0 aliphatic rings. The first kappa shape index (κ1) is 14.8. The summed E-state index contributed by atoms with van der Waals surface area (Å²) >= 11 is 0. The Balaban J connectivity index is 0.000000203. The van der Waals surface area contributed by atoms with Gasteiger partial charge in [0, 0.05) is 0 Å². The number of benzene rings is 1. The van der Waals surface area contributed by atoms with Crippen LogP contribution in [0.2, 0.25) is 0 Å². The number of H-pyrrole nitrogens is 2. The summed E-state index contributed by atoms with van der Waals surface area (Å²) in [7, 11) is 0. The van der Waals surface area contributed by atoms with Crippen LogP contribution < -0.4 is 11.3 Å². The number of fused-ring (bicyclic) bond motifs is 1. The molecule has 0 bridgehead atoms. The number of phenolic OH excluding ortho intramolecular Hbond substituents is 1. The minimum absolute atomic E-state index is 0.0208. The fourth-order valence-electron chi connectivity index (χ4n) is 1.31. The predicted molar refractivity (Wildman–Crippen MR) is 71.0 cm³/mol. The molecule has 0 spiro atoms. The number of carboxylic acids is 1.